The lowest BCUT2D eigenvalue weighted by atomic mass is 10.2. The lowest BCUT2D eigenvalue weighted by Crippen LogP contribution is -2.11. The normalized spacial score (nSPS) is 10.4. The maximum atomic E-state index is 11.5. The molecule has 0 fully saturated rings. The van der Waals surface area contributed by atoms with E-state index in [1.54, 1.807) is 11.9 Å². The number of aromatic nitrogens is 2. The molecular weight excluding hydrogens is 254 g/mol. The lowest BCUT2D eigenvalue weighted by molar-refractivity contribution is 0.501. The Morgan fingerprint density at radius 1 is 0.950 bits per heavy atom. The second-order valence-corrected chi connectivity index (χ2v) is 4.28. The summed E-state index contributed by atoms with van der Waals surface area (Å²) >= 11 is 0. The fourth-order valence-electron chi connectivity index (χ4n) is 1.95. The third-order valence-electron chi connectivity index (χ3n) is 2.90. The van der Waals surface area contributed by atoms with E-state index in [9.17, 15) is 4.79 Å². The minimum atomic E-state index is -0.489. The van der Waals surface area contributed by atoms with Crippen LogP contribution in [0.2, 0.25) is 0 Å². The third kappa shape index (κ3) is 2.21. The van der Waals surface area contributed by atoms with Gasteiger partial charge < -0.3 is 4.42 Å². The zero-order valence-electron chi connectivity index (χ0n) is 10.9. The van der Waals surface area contributed by atoms with Crippen LogP contribution in [0.1, 0.15) is 0 Å². The molecule has 0 unspecified atom stereocenters. The quantitative estimate of drug-likeness (QED) is 0.732. The Morgan fingerprint density at radius 2 is 1.45 bits per heavy atom. The molecule has 1 aromatic heterocycles. The van der Waals surface area contributed by atoms with Crippen molar-refractivity contribution < 1.29 is 4.42 Å². The molecule has 5 heteroatoms. The first-order valence-electron chi connectivity index (χ1n) is 6.20. The number of rotatable bonds is 3. The summed E-state index contributed by atoms with van der Waals surface area (Å²) < 4.78 is 6.38. The molecule has 0 amide bonds. The molecule has 0 spiro atoms. The Kier molecular flexibility index (Phi) is 3.09. The Morgan fingerprint density at radius 3 is 1.85 bits per heavy atom. The van der Waals surface area contributed by atoms with Crippen LogP contribution in [0.5, 0.6) is 0 Å². The number of aryl methyl sites for hydroxylation is 1. The van der Waals surface area contributed by atoms with Crippen molar-refractivity contribution in [2.75, 3.05) is 4.90 Å². The minimum Gasteiger partial charge on any atom is -0.372 e. The van der Waals surface area contributed by atoms with Crippen LogP contribution < -0.4 is 10.7 Å². The fraction of sp³-hybridized carbons (Fsp3) is 0.0667. The van der Waals surface area contributed by atoms with Gasteiger partial charge in [-0.25, -0.2) is 4.79 Å². The van der Waals surface area contributed by atoms with E-state index in [4.69, 9.17) is 4.42 Å². The van der Waals surface area contributed by atoms with Crippen LogP contribution in [-0.4, -0.2) is 9.78 Å². The summed E-state index contributed by atoms with van der Waals surface area (Å²) in [6, 6.07) is 19.5. The number of nitrogens with zero attached hydrogens (tertiary/aromatic N) is 3. The van der Waals surface area contributed by atoms with Crippen molar-refractivity contribution in [3.05, 3.63) is 71.2 Å². The molecule has 5 nitrogen and oxygen atoms in total. The highest BCUT2D eigenvalue weighted by atomic mass is 16.4. The van der Waals surface area contributed by atoms with Crippen LogP contribution in [0.15, 0.2) is 69.9 Å². The summed E-state index contributed by atoms with van der Waals surface area (Å²) in [5, 5.41) is 4.13. The molecule has 0 radical (unpaired) electrons. The molecule has 0 atom stereocenters. The van der Waals surface area contributed by atoms with Crippen LogP contribution in [0.3, 0.4) is 0 Å². The Labute approximate surface area is 115 Å². The van der Waals surface area contributed by atoms with Gasteiger partial charge in [-0.1, -0.05) is 36.4 Å². The summed E-state index contributed by atoms with van der Waals surface area (Å²) in [4.78, 5) is 13.3. The van der Waals surface area contributed by atoms with Crippen molar-refractivity contribution in [2.24, 2.45) is 7.05 Å². The number of anilines is 3. The van der Waals surface area contributed by atoms with E-state index in [0.717, 1.165) is 11.4 Å². The first-order valence-corrected chi connectivity index (χ1v) is 6.20. The highest BCUT2D eigenvalue weighted by Gasteiger charge is 2.18. The van der Waals surface area contributed by atoms with Gasteiger partial charge in [0.2, 0.25) is 0 Å². The number of para-hydroxylation sites is 2. The maximum Gasteiger partial charge on any atom is 0.438 e. The Hall–Kier alpha value is -2.82. The molecular formula is C15H13N3O2. The molecule has 1 heterocycles. The van der Waals surface area contributed by atoms with Crippen molar-refractivity contribution in [3.63, 3.8) is 0 Å². The highest BCUT2D eigenvalue weighted by Crippen LogP contribution is 2.31. The molecule has 3 rings (SSSR count). The van der Waals surface area contributed by atoms with Gasteiger partial charge in [0.25, 0.3) is 0 Å². The van der Waals surface area contributed by atoms with Gasteiger partial charge in [0.05, 0.1) is 11.4 Å². The average Bonchev–Trinajstić information content (AvgIpc) is 2.81. The van der Waals surface area contributed by atoms with Gasteiger partial charge in [0.1, 0.15) is 0 Å². The SMILES string of the molecule is Cn1nc(N(c2ccccc2)c2ccccc2)oc1=O. The van der Waals surface area contributed by atoms with E-state index in [-0.39, 0.29) is 6.01 Å². The minimum absolute atomic E-state index is 0.245. The smallest absolute Gasteiger partial charge is 0.372 e. The van der Waals surface area contributed by atoms with Gasteiger partial charge in [-0.3, -0.25) is 4.90 Å². The van der Waals surface area contributed by atoms with E-state index in [0.29, 0.717) is 0 Å². The summed E-state index contributed by atoms with van der Waals surface area (Å²) in [5.41, 5.74) is 1.75. The number of benzene rings is 2. The monoisotopic (exact) mass is 267 g/mol. The largest absolute Gasteiger partial charge is 0.438 e. The van der Waals surface area contributed by atoms with Crippen molar-refractivity contribution >= 4 is 17.4 Å². The van der Waals surface area contributed by atoms with E-state index in [2.05, 4.69) is 5.10 Å². The average molecular weight is 267 g/mol. The second-order valence-electron chi connectivity index (χ2n) is 4.28. The molecule has 0 aliphatic heterocycles. The van der Waals surface area contributed by atoms with Crippen LogP contribution >= 0.6 is 0 Å². The van der Waals surface area contributed by atoms with E-state index >= 15 is 0 Å². The predicted octanol–water partition coefficient (Wildman–Crippen LogP) is 2.84. The first kappa shape index (κ1) is 12.2. The second kappa shape index (κ2) is 5.05. The molecule has 3 aromatic rings. The highest BCUT2D eigenvalue weighted by molar-refractivity contribution is 5.71. The van der Waals surface area contributed by atoms with E-state index in [1.165, 1.54) is 4.68 Å². The summed E-state index contributed by atoms with van der Waals surface area (Å²) in [6.45, 7) is 0. The van der Waals surface area contributed by atoms with Crippen LogP contribution in [0.4, 0.5) is 17.4 Å². The van der Waals surface area contributed by atoms with Gasteiger partial charge in [-0.2, -0.15) is 4.68 Å². The lowest BCUT2D eigenvalue weighted by Gasteiger charge is -2.20. The predicted molar refractivity (Wildman–Crippen MR) is 76.4 cm³/mol. The number of hydrogen-bond acceptors (Lipinski definition) is 4. The molecule has 0 saturated heterocycles. The molecule has 2 aromatic carbocycles. The first-order chi connectivity index (χ1) is 9.75. The molecule has 100 valence electrons. The molecule has 0 aliphatic rings. The standard InChI is InChI=1S/C15H13N3O2/c1-17-15(19)20-14(16-17)18(12-8-4-2-5-9-12)13-10-6-3-7-11-13/h2-11H,1H3. The van der Waals surface area contributed by atoms with Gasteiger partial charge in [-0.05, 0) is 24.3 Å². The van der Waals surface area contributed by atoms with E-state index in [1.807, 2.05) is 60.7 Å². The van der Waals surface area contributed by atoms with E-state index < -0.39 is 5.76 Å². The topological polar surface area (TPSA) is 51.3 Å². The molecule has 0 N–H and O–H groups in total. The van der Waals surface area contributed by atoms with Crippen LogP contribution in [0.25, 0.3) is 0 Å². The molecule has 20 heavy (non-hydrogen) atoms. The zero-order valence-corrected chi connectivity index (χ0v) is 10.9. The van der Waals surface area contributed by atoms with Crippen molar-refractivity contribution in [1.29, 1.82) is 0 Å². The van der Waals surface area contributed by atoms with Crippen LogP contribution in [-0.2, 0) is 7.05 Å². The zero-order chi connectivity index (χ0) is 13.9. The Balaban J connectivity index is 2.16. The molecule has 0 bridgehead atoms. The van der Waals surface area contributed by atoms with Gasteiger partial charge in [0.15, 0.2) is 0 Å². The van der Waals surface area contributed by atoms with Gasteiger partial charge in [0, 0.05) is 7.05 Å². The van der Waals surface area contributed by atoms with Crippen molar-refractivity contribution in [1.82, 2.24) is 9.78 Å². The summed E-state index contributed by atoms with van der Waals surface area (Å²) in [6.07, 6.45) is 0. The van der Waals surface area contributed by atoms with Gasteiger partial charge in [-0.15, -0.1) is 5.10 Å². The molecule has 0 aliphatic carbocycles. The fourth-order valence-corrected chi connectivity index (χ4v) is 1.95. The van der Waals surface area contributed by atoms with Gasteiger partial charge >= 0.3 is 11.8 Å². The Bertz CT molecular complexity index is 708. The summed E-state index contributed by atoms with van der Waals surface area (Å²) in [7, 11) is 1.56. The molecule has 0 saturated carbocycles. The van der Waals surface area contributed by atoms with Crippen molar-refractivity contribution in [2.45, 2.75) is 0 Å². The maximum absolute atomic E-state index is 11.5. The van der Waals surface area contributed by atoms with Crippen molar-refractivity contribution in [3.8, 4) is 0 Å². The van der Waals surface area contributed by atoms with Crippen LogP contribution in [0, 0.1) is 0 Å². The number of hydrogen-bond donors (Lipinski definition) is 0. The summed E-state index contributed by atoms with van der Waals surface area (Å²) in [5.74, 6) is -0.489. The third-order valence-corrected chi connectivity index (χ3v) is 2.90.